The highest BCUT2D eigenvalue weighted by molar-refractivity contribution is 8.15. The van der Waals surface area contributed by atoms with E-state index in [0.717, 1.165) is 24.0 Å². The Labute approximate surface area is 181 Å². The third kappa shape index (κ3) is 4.46. The maximum absolute atomic E-state index is 13.1. The number of hydrogen-bond donors (Lipinski definition) is 0. The summed E-state index contributed by atoms with van der Waals surface area (Å²) in [4.78, 5) is 14.9. The number of carbonyl (C=O) groups excluding carboxylic acids is 1. The fourth-order valence-electron chi connectivity index (χ4n) is 3.58. The molecule has 0 spiro atoms. The second-order valence-corrected chi connectivity index (χ2v) is 8.67. The lowest BCUT2D eigenvalue weighted by molar-refractivity contribution is -0.126. The number of hydrogen-bond acceptors (Lipinski definition) is 4. The summed E-state index contributed by atoms with van der Waals surface area (Å²) >= 11 is 1.53. The zero-order valence-corrected chi connectivity index (χ0v) is 18.1. The maximum Gasteiger partial charge on any atom is 0.242 e. The van der Waals surface area contributed by atoms with Crippen molar-refractivity contribution in [1.29, 1.82) is 0 Å². The molecule has 0 aromatic heterocycles. The number of rotatable bonds is 6. The van der Waals surface area contributed by atoms with Crippen molar-refractivity contribution in [3.05, 3.63) is 83.4 Å². The molecule has 1 atom stereocenters. The molecule has 4 rings (SSSR count). The zero-order valence-electron chi connectivity index (χ0n) is 17.3. The van der Waals surface area contributed by atoms with Crippen LogP contribution in [-0.2, 0) is 11.3 Å². The summed E-state index contributed by atoms with van der Waals surface area (Å²) in [5, 5.41) is 11.7. The highest BCUT2D eigenvalue weighted by Gasteiger charge is 2.37. The van der Waals surface area contributed by atoms with Crippen LogP contribution in [0.5, 0.6) is 0 Å². The summed E-state index contributed by atoms with van der Waals surface area (Å²) in [5.74, 6) is 0.124. The molecule has 1 fully saturated rings. The second kappa shape index (κ2) is 9.26. The van der Waals surface area contributed by atoms with Gasteiger partial charge in [0.25, 0.3) is 0 Å². The number of carbonyl (C=O) groups is 1. The predicted molar refractivity (Wildman–Crippen MR) is 127 cm³/mol. The Balaban J connectivity index is 1.62. The van der Waals surface area contributed by atoms with Gasteiger partial charge in [0.05, 0.1) is 18.0 Å². The Hall–Kier alpha value is -2.92. The van der Waals surface area contributed by atoms with E-state index in [0.29, 0.717) is 11.7 Å². The van der Waals surface area contributed by atoms with Crippen molar-refractivity contribution >= 4 is 39.8 Å². The van der Waals surface area contributed by atoms with Crippen molar-refractivity contribution < 1.29 is 4.79 Å². The molecule has 1 heterocycles. The fourth-order valence-corrected chi connectivity index (χ4v) is 4.79. The second-order valence-electron chi connectivity index (χ2n) is 7.50. The van der Waals surface area contributed by atoms with Crippen LogP contribution in [0, 0.1) is 6.92 Å². The average Bonchev–Trinajstić information content (AvgIpc) is 3.05. The molecular weight excluding hydrogens is 390 g/mol. The first kappa shape index (κ1) is 20.4. The van der Waals surface area contributed by atoms with E-state index in [1.165, 1.54) is 28.1 Å². The lowest BCUT2D eigenvalue weighted by atomic mass is 10.0. The van der Waals surface area contributed by atoms with Crippen molar-refractivity contribution in [2.24, 2.45) is 10.2 Å². The molecule has 1 saturated heterocycles. The monoisotopic (exact) mass is 415 g/mol. The van der Waals surface area contributed by atoms with Crippen LogP contribution in [0.15, 0.2) is 76.9 Å². The number of nitrogens with zero attached hydrogens (tertiary/aromatic N) is 3. The Morgan fingerprint density at radius 1 is 1.03 bits per heavy atom. The largest absolute Gasteiger partial charge is 0.284 e. The third-order valence-electron chi connectivity index (χ3n) is 5.21. The number of benzene rings is 3. The standard InChI is InChI=1S/C25H25N3OS/c1-3-7-23-24(29)28(17-21-10-6-9-20-8-4-5-11-22(20)21)25(30-23)27-26-16-19-14-12-18(2)13-15-19/h4-6,8-16,23H,3,7,17H2,1-2H3/b26-16+,27-25-. The summed E-state index contributed by atoms with van der Waals surface area (Å²) in [5.41, 5.74) is 3.32. The lowest BCUT2D eigenvalue weighted by Gasteiger charge is -2.17. The van der Waals surface area contributed by atoms with Gasteiger partial charge in [-0.1, -0.05) is 97.4 Å². The number of aryl methyl sites for hydroxylation is 1. The maximum atomic E-state index is 13.1. The van der Waals surface area contributed by atoms with E-state index in [9.17, 15) is 4.79 Å². The molecule has 0 aliphatic carbocycles. The molecule has 5 heteroatoms. The first-order valence-corrected chi connectivity index (χ1v) is 11.2. The molecule has 0 radical (unpaired) electrons. The molecule has 0 saturated carbocycles. The molecule has 1 aliphatic rings. The Morgan fingerprint density at radius 3 is 2.60 bits per heavy atom. The quantitative estimate of drug-likeness (QED) is 0.378. The number of fused-ring (bicyclic) bond motifs is 1. The van der Waals surface area contributed by atoms with Crippen LogP contribution in [-0.4, -0.2) is 27.4 Å². The smallest absolute Gasteiger partial charge is 0.242 e. The van der Waals surface area contributed by atoms with Gasteiger partial charge in [0.15, 0.2) is 5.17 Å². The van der Waals surface area contributed by atoms with Crippen LogP contribution in [0.4, 0.5) is 0 Å². The van der Waals surface area contributed by atoms with E-state index in [1.54, 1.807) is 11.1 Å². The lowest BCUT2D eigenvalue weighted by Crippen LogP contribution is -2.31. The van der Waals surface area contributed by atoms with Gasteiger partial charge < -0.3 is 0 Å². The van der Waals surface area contributed by atoms with Crippen LogP contribution in [0.3, 0.4) is 0 Å². The average molecular weight is 416 g/mol. The van der Waals surface area contributed by atoms with Crippen LogP contribution >= 0.6 is 11.8 Å². The van der Waals surface area contributed by atoms with Crippen LogP contribution in [0.1, 0.15) is 36.5 Å². The molecule has 3 aromatic carbocycles. The summed E-state index contributed by atoms with van der Waals surface area (Å²) in [6, 6.07) is 22.6. The van der Waals surface area contributed by atoms with Crippen molar-refractivity contribution in [2.45, 2.75) is 38.5 Å². The van der Waals surface area contributed by atoms with Gasteiger partial charge in [-0.25, -0.2) is 0 Å². The molecular formula is C25H25N3OS. The van der Waals surface area contributed by atoms with E-state index in [-0.39, 0.29) is 11.2 Å². The van der Waals surface area contributed by atoms with Crippen molar-refractivity contribution in [1.82, 2.24) is 4.90 Å². The Morgan fingerprint density at radius 2 is 1.80 bits per heavy atom. The summed E-state index contributed by atoms with van der Waals surface area (Å²) < 4.78 is 0. The van der Waals surface area contributed by atoms with Gasteiger partial charge in [-0.15, -0.1) is 5.10 Å². The molecule has 1 unspecified atom stereocenters. The fraction of sp³-hybridized carbons (Fsp3) is 0.240. The van der Waals surface area contributed by atoms with Gasteiger partial charge in [-0.2, -0.15) is 5.10 Å². The van der Waals surface area contributed by atoms with Crippen molar-refractivity contribution in [2.75, 3.05) is 0 Å². The molecule has 3 aromatic rings. The minimum Gasteiger partial charge on any atom is -0.284 e. The summed E-state index contributed by atoms with van der Waals surface area (Å²) in [6.45, 7) is 4.67. The van der Waals surface area contributed by atoms with Crippen LogP contribution < -0.4 is 0 Å². The van der Waals surface area contributed by atoms with Gasteiger partial charge in [-0.05, 0) is 35.2 Å². The van der Waals surface area contributed by atoms with Crippen LogP contribution in [0.25, 0.3) is 10.8 Å². The van der Waals surface area contributed by atoms with E-state index < -0.39 is 0 Å². The molecule has 152 valence electrons. The topological polar surface area (TPSA) is 45.0 Å². The Kier molecular flexibility index (Phi) is 6.29. The van der Waals surface area contributed by atoms with Gasteiger partial charge >= 0.3 is 0 Å². The summed E-state index contributed by atoms with van der Waals surface area (Å²) in [6.07, 6.45) is 3.54. The van der Waals surface area contributed by atoms with Crippen molar-refractivity contribution in [3.63, 3.8) is 0 Å². The molecule has 0 N–H and O–H groups in total. The molecule has 1 amide bonds. The van der Waals surface area contributed by atoms with Gasteiger partial charge in [0.1, 0.15) is 0 Å². The SMILES string of the molecule is CCCC1S/C(=N\N=C\c2ccc(C)cc2)N(Cc2cccc3ccccc23)C1=O. The molecule has 4 nitrogen and oxygen atoms in total. The van der Waals surface area contributed by atoms with E-state index in [4.69, 9.17) is 0 Å². The van der Waals surface area contributed by atoms with Gasteiger partial charge in [0, 0.05) is 0 Å². The van der Waals surface area contributed by atoms with E-state index >= 15 is 0 Å². The third-order valence-corrected chi connectivity index (χ3v) is 6.44. The molecule has 30 heavy (non-hydrogen) atoms. The number of thioether (sulfide) groups is 1. The van der Waals surface area contributed by atoms with Crippen molar-refractivity contribution in [3.8, 4) is 0 Å². The normalized spacial score (nSPS) is 18.2. The number of amides is 1. The zero-order chi connectivity index (χ0) is 20.9. The first-order valence-electron chi connectivity index (χ1n) is 10.3. The van der Waals surface area contributed by atoms with Crippen LogP contribution in [0.2, 0.25) is 0 Å². The number of amidine groups is 1. The molecule has 1 aliphatic heterocycles. The highest BCUT2D eigenvalue weighted by atomic mass is 32.2. The first-order chi connectivity index (χ1) is 14.7. The van der Waals surface area contributed by atoms with Gasteiger partial charge in [0.2, 0.25) is 5.91 Å². The van der Waals surface area contributed by atoms with E-state index in [1.807, 2.05) is 42.5 Å². The van der Waals surface area contributed by atoms with Gasteiger partial charge in [-0.3, -0.25) is 9.69 Å². The molecule has 0 bridgehead atoms. The summed E-state index contributed by atoms with van der Waals surface area (Å²) in [7, 11) is 0. The predicted octanol–water partition coefficient (Wildman–Crippen LogP) is 5.78. The highest BCUT2D eigenvalue weighted by Crippen LogP contribution is 2.32. The Bertz CT molecular complexity index is 1100. The van der Waals surface area contributed by atoms with E-state index in [2.05, 4.69) is 48.3 Å². The minimum absolute atomic E-state index is 0.0849. The minimum atomic E-state index is -0.0849.